The highest BCUT2D eigenvalue weighted by Gasteiger charge is 2.91. The summed E-state index contributed by atoms with van der Waals surface area (Å²) >= 11 is 0. The molecule has 4 aliphatic rings. The van der Waals surface area contributed by atoms with Crippen molar-refractivity contribution in [2.45, 2.75) is 114 Å². The summed E-state index contributed by atoms with van der Waals surface area (Å²) in [6.45, 7) is 7.24. The average molecular weight is 902 g/mol. The summed E-state index contributed by atoms with van der Waals surface area (Å²) in [4.78, 5) is 102. The van der Waals surface area contributed by atoms with Crippen LogP contribution in [0.2, 0.25) is 0 Å². The summed E-state index contributed by atoms with van der Waals surface area (Å²) in [5.74, 6) is -10.7. The van der Waals surface area contributed by atoms with Gasteiger partial charge in [-0.25, -0.2) is 14.4 Å². The van der Waals surface area contributed by atoms with E-state index in [1.54, 1.807) is 31.2 Å². The number of fused-ring (bicyclic) bond motifs is 5. The SMILES string of the molecule is CCC(=O)O[C@@H]1C2[C@@H](OC(=O)c3ccccc3)C34O[C@@]2(C)COC(=O)c2cccnc2[C@H](C)[C@H](C)C(=O)O[C@@H]([C@H](O)[C@H](OC(=O)c2ccccc2)[C@@]3(COC(C)=O)[C@@H]1OC(C)=O)[C@]4(C)O. The lowest BCUT2D eigenvalue weighted by Gasteiger charge is -2.67. The zero-order valence-electron chi connectivity index (χ0n) is 36.8. The molecule has 4 bridgehead atoms. The van der Waals surface area contributed by atoms with Crippen molar-refractivity contribution in [3.63, 3.8) is 0 Å². The summed E-state index contributed by atoms with van der Waals surface area (Å²) in [6.07, 6.45) is -11.5. The van der Waals surface area contributed by atoms with E-state index in [-0.39, 0.29) is 28.8 Å². The molecule has 65 heavy (non-hydrogen) atoms. The molecule has 7 rings (SSSR count). The third-order valence-electron chi connectivity index (χ3n) is 13.3. The highest BCUT2D eigenvalue weighted by Crippen LogP contribution is 2.70. The Morgan fingerprint density at radius 1 is 0.785 bits per heavy atom. The molecule has 1 saturated heterocycles. The second-order valence-electron chi connectivity index (χ2n) is 17.3. The lowest BCUT2D eigenvalue weighted by molar-refractivity contribution is -0.384. The maximum atomic E-state index is 14.5. The summed E-state index contributed by atoms with van der Waals surface area (Å²) in [5.41, 5.74) is -10.5. The Balaban J connectivity index is 1.62. The number of ether oxygens (including phenoxy) is 8. The zero-order valence-corrected chi connectivity index (χ0v) is 36.8. The van der Waals surface area contributed by atoms with E-state index in [9.17, 15) is 43.8 Å². The normalized spacial score (nSPS) is 34.9. The largest absolute Gasteiger partial charge is 0.465 e. The van der Waals surface area contributed by atoms with Crippen LogP contribution in [-0.4, -0.2) is 124 Å². The van der Waals surface area contributed by atoms with Gasteiger partial charge in [0.25, 0.3) is 0 Å². The first-order valence-corrected chi connectivity index (χ1v) is 21.2. The third-order valence-corrected chi connectivity index (χ3v) is 13.3. The molecule has 3 fully saturated rings. The number of carbonyl (C=O) groups excluding carboxylic acids is 7. The second-order valence-corrected chi connectivity index (χ2v) is 17.3. The Bertz CT molecular complexity index is 2360. The zero-order chi connectivity index (χ0) is 47.2. The fraction of sp³-hybridized carbons (Fsp3) is 0.489. The molecule has 1 spiro atoms. The van der Waals surface area contributed by atoms with Gasteiger partial charge >= 0.3 is 41.8 Å². The smallest absolute Gasteiger partial charge is 0.340 e. The topological polar surface area (TPSA) is 247 Å². The molecule has 0 amide bonds. The molecule has 2 aromatic carbocycles. The molecule has 3 heterocycles. The van der Waals surface area contributed by atoms with E-state index in [1.165, 1.54) is 75.5 Å². The van der Waals surface area contributed by atoms with Crippen LogP contribution in [-0.2, 0) is 57.1 Å². The van der Waals surface area contributed by atoms with Crippen molar-refractivity contribution < 1.29 is 81.7 Å². The number of hydrogen-bond donors (Lipinski definition) is 2. The van der Waals surface area contributed by atoms with Crippen molar-refractivity contribution in [2.24, 2.45) is 17.3 Å². The predicted octanol–water partition coefficient (Wildman–Crippen LogP) is 3.44. The van der Waals surface area contributed by atoms with E-state index in [2.05, 4.69) is 4.98 Å². The number of nitrogens with zero attached hydrogens (tertiary/aromatic N) is 1. The minimum atomic E-state index is -2.87. The Hall–Kier alpha value is -6.24. The number of aliphatic hydroxyl groups excluding tert-OH is 1. The summed E-state index contributed by atoms with van der Waals surface area (Å²) < 4.78 is 50.2. The third kappa shape index (κ3) is 7.70. The number of hydrogen-bond acceptors (Lipinski definition) is 18. The van der Waals surface area contributed by atoms with Crippen LogP contribution in [0.15, 0.2) is 79.0 Å². The first-order chi connectivity index (χ1) is 30.7. The van der Waals surface area contributed by atoms with Gasteiger partial charge in [0, 0.05) is 32.4 Å². The highest BCUT2D eigenvalue weighted by atomic mass is 16.7. The number of carbonyl (C=O) groups is 7. The van der Waals surface area contributed by atoms with Gasteiger partial charge in [0.05, 0.1) is 34.2 Å². The predicted molar refractivity (Wildman–Crippen MR) is 220 cm³/mol. The van der Waals surface area contributed by atoms with Crippen LogP contribution in [0.1, 0.15) is 97.6 Å². The van der Waals surface area contributed by atoms with Crippen molar-refractivity contribution in [2.75, 3.05) is 13.2 Å². The van der Waals surface area contributed by atoms with Gasteiger partial charge in [-0.2, -0.15) is 0 Å². The molecule has 346 valence electrons. The Morgan fingerprint density at radius 3 is 1.95 bits per heavy atom. The lowest BCUT2D eigenvalue weighted by atomic mass is 9.45. The van der Waals surface area contributed by atoms with Crippen molar-refractivity contribution in [3.8, 4) is 0 Å². The van der Waals surface area contributed by atoms with Crippen LogP contribution < -0.4 is 0 Å². The maximum Gasteiger partial charge on any atom is 0.340 e. The molecule has 2 N–H and O–H groups in total. The number of pyridine rings is 1. The van der Waals surface area contributed by atoms with Gasteiger partial charge in [0.15, 0.2) is 17.8 Å². The summed E-state index contributed by atoms with van der Waals surface area (Å²) in [5, 5.41) is 26.5. The standard InChI is InChI=1S/C47H51NO17/c1-8-31(51)61-35-32-36(62-41(54)28-16-11-9-12-17-28)47-45(7,57)37(63-40(53)25(3)24(2)33-30(20-15-21-48-33)43(56)59-22-44(32,6)65-47)34(52)38(64-42(55)29-18-13-10-14-19-29)46(47,23-58-26(4)49)39(35)60-27(5)50/h9-21,24-25,32,34-39,52,57H,8,22-23H2,1-7H3/t24-,25+,32?,34+,35-,36-,37+,38+,39-,44+,45+,46+,47?/m1/s1. The lowest BCUT2D eigenvalue weighted by Crippen LogP contribution is -2.89. The van der Waals surface area contributed by atoms with E-state index in [4.69, 9.17) is 37.9 Å². The molecule has 13 atom stereocenters. The number of aromatic nitrogens is 1. The highest BCUT2D eigenvalue weighted by molar-refractivity contribution is 5.92. The average Bonchev–Trinajstić information content (AvgIpc) is 3.51. The fourth-order valence-electron chi connectivity index (χ4n) is 10.2. The molecular formula is C47H51NO17. The molecule has 1 aromatic heterocycles. The summed E-state index contributed by atoms with van der Waals surface area (Å²) in [6, 6.07) is 18.0. The molecule has 2 unspecified atom stereocenters. The van der Waals surface area contributed by atoms with Crippen LogP contribution in [0.4, 0.5) is 0 Å². The van der Waals surface area contributed by atoms with Gasteiger partial charge in [-0.15, -0.1) is 0 Å². The number of benzene rings is 2. The van der Waals surface area contributed by atoms with E-state index >= 15 is 0 Å². The molecule has 0 radical (unpaired) electrons. The maximum absolute atomic E-state index is 14.5. The van der Waals surface area contributed by atoms with Gasteiger partial charge < -0.3 is 48.1 Å². The van der Waals surface area contributed by atoms with Crippen LogP contribution in [0, 0.1) is 17.3 Å². The van der Waals surface area contributed by atoms with Gasteiger partial charge in [0.1, 0.15) is 54.2 Å². The molecule has 18 heteroatoms. The molecule has 2 aliphatic heterocycles. The molecule has 3 aromatic rings. The van der Waals surface area contributed by atoms with Crippen LogP contribution in [0.25, 0.3) is 0 Å². The van der Waals surface area contributed by atoms with Crippen LogP contribution >= 0.6 is 0 Å². The van der Waals surface area contributed by atoms with Gasteiger partial charge in [-0.1, -0.05) is 57.2 Å². The molecule has 2 aliphatic carbocycles. The monoisotopic (exact) mass is 901 g/mol. The van der Waals surface area contributed by atoms with Crippen molar-refractivity contribution in [3.05, 3.63) is 101 Å². The number of cyclic esters (lactones) is 1. The minimum absolute atomic E-state index is 0.0189. The van der Waals surface area contributed by atoms with Crippen LogP contribution in [0.3, 0.4) is 0 Å². The van der Waals surface area contributed by atoms with Gasteiger partial charge in [-0.05, 0) is 50.2 Å². The Labute approximate surface area is 373 Å². The van der Waals surface area contributed by atoms with Gasteiger partial charge in [0.2, 0.25) is 0 Å². The Kier molecular flexibility index (Phi) is 12.7. The van der Waals surface area contributed by atoms with Gasteiger partial charge in [-0.3, -0.25) is 24.2 Å². The first-order valence-electron chi connectivity index (χ1n) is 21.2. The minimum Gasteiger partial charge on any atom is -0.465 e. The van der Waals surface area contributed by atoms with Crippen molar-refractivity contribution in [1.82, 2.24) is 4.98 Å². The van der Waals surface area contributed by atoms with Crippen molar-refractivity contribution in [1.29, 1.82) is 0 Å². The van der Waals surface area contributed by atoms with E-state index in [1.807, 2.05) is 0 Å². The molecular weight excluding hydrogens is 851 g/mol. The fourth-order valence-corrected chi connectivity index (χ4v) is 10.2. The second kappa shape index (κ2) is 17.6. The number of rotatable bonds is 9. The molecule has 2 saturated carbocycles. The number of aliphatic hydroxyl groups is 2. The van der Waals surface area contributed by atoms with E-state index < -0.39 is 132 Å². The first kappa shape index (κ1) is 46.7. The molecule has 18 nitrogen and oxygen atoms in total. The van der Waals surface area contributed by atoms with E-state index in [0.717, 1.165) is 20.8 Å². The quantitative estimate of drug-likeness (QED) is 0.231. The summed E-state index contributed by atoms with van der Waals surface area (Å²) in [7, 11) is 0. The van der Waals surface area contributed by atoms with E-state index in [0.29, 0.717) is 0 Å². The van der Waals surface area contributed by atoms with Crippen LogP contribution in [0.5, 0.6) is 0 Å². The Morgan fingerprint density at radius 2 is 1.38 bits per heavy atom. The number of esters is 7. The van der Waals surface area contributed by atoms with Crippen molar-refractivity contribution >= 4 is 41.8 Å².